The quantitative estimate of drug-likeness (QED) is 0.0120. The highest BCUT2D eigenvalue weighted by Gasteiger charge is 2.28. The summed E-state index contributed by atoms with van der Waals surface area (Å²) in [4.78, 5) is 96.9. The maximum atomic E-state index is 14.2. The van der Waals surface area contributed by atoms with Crippen molar-refractivity contribution in [2.45, 2.75) is 42.5 Å². The van der Waals surface area contributed by atoms with Crippen LogP contribution in [0, 0.1) is 11.6 Å². The first kappa shape index (κ1) is 58.3. The average molecular weight is 1170 g/mol. The number of pyridine rings is 3. The minimum absolute atomic E-state index is 0.00400. The zero-order valence-electron chi connectivity index (χ0n) is 43.1. The van der Waals surface area contributed by atoms with E-state index < -0.39 is 60.0 Å². The Labute approximate surface area is 472 Å². The fraction of sp³-hybridized carbons (Fsp3) is 0.245. The minimum atomic E-state index is -1.46. The number of ether oxygens (including phenoxy) is 3. The van der Waals surface area contributed by atoms with Gasteiger partial charge in [-0.2, -0.15) is 4.98 Å². The molecule has 0 saturated heterocycles. The van der Waals surface area contributed by atoms with E-state index in [9.17, 15) is 47.8 Å². The third-order valence-corrected chi connectivity index (χ3v) is 15.6. The number of rotatable bonds is 25. The van der Waals surface area contributed by atoms with Gasteiger partial charge in [0.15, 0.2) is 5.82 Å². The third-order valence-electron chi connectivity index (χ3n) is 12.3. The third kappa shape index (κ3) is 15.5. The van der Waals surface area contributed by atoms with Crippen LogP contribution in [0.3, 0.4) is 0 Å². The number of amides is 2. The normalized spacial score (nSPS) is 13.4. The van der Waals surface area contributed by atoms with Crippen molar-refractivity contribution in [1.82, 2.24) is 35.6 Å². The maximum absolute atomic E-state index is 14.2. The van der Waals surface area contributed by atoms with Crippen LogP contribution in [0.15, 0.2) is 113 Å². The van der Waals surface area contributed by atoms with Gasteiger partial charge < -0.3 is 61.0 Å². The van der Waals surface area contributed by atoms with Crippen LogP contribution in [0.2, 0.25) is 0 Å². The lowest BCUT2D eigenvalue weighted by molar-refractivity contribution is -0.142. The Kier molecular flexibility index (Phi) is 19.7. The molecule has 0 bridgehead atoms. The second kappa shape index (κ2) is 27.3. The Morgan fingerprint density at radius 3 is 2.42 bits per heavy atom. The fourth-order valence-electron chi connectivity index (χ4n) is 8.11. The first-order valence-corrected chi connectivity index (χ1v) is 27.9. The van der Waals surface area contributed by atoms with Gasteiger partial charge in [0.1, 0.15) is 48.3 Å². The first-order chi connectivity index (χ1) is 39.0. The highest BCUT2D eigenvalue weighted by atomic mass is 33.1. The number of carboxylic acid groups (broad SMARTS) is 2. The molecular formula is C53H52F2N12O11S3. The Balaban J connectivity index is 0.725. The molecule has 0 aliphatic carbocycles. The number of likely N-dealkylation sites (N-methyl/N-ethyl adjacent to an activating group) is 1. The number of carbonyl (C=O) groups excluding carboxylic acids is 3. The molecular weight excluding hydrogens is 1110 g/mol. The molecule has 10 N–H and O–H groups in total. The number of hydrogen-bond acceptors (Lipinski definition) is 21. The molecule has 7 aromatic rings. The molecule has 0 fully saturated rings. The summed E-state index contributed by atoms with van der Waals surface area (Å²) in [5, 5.41) is 31.5. The van der Waals surface area contributed by atoms with E-state index in [1.807, 2.05) is 30.3 Å². The molecule has 81 heavy (non-hydrogen) atoms. The molecule has 3 unspecified atom stereocenters. The number of methoxy groups -OCH3 is 1. The number of aromatic nitrogens is 5. The molecule has 8 rings (SSSR count). The summed E-state index contributed by atoms with van der Waals surface area (Å²) in [6, 6.07) is 21.2. The molecule has 0 spiro atoms. The molecule has 28 heteroatoms. The predicted molar refractivity (Wildman–Crippen MR) is 304 cm³/mol. The van der Waals surface area contributed by atoms with Gasteiger partial charge in [0, 0.05) is 84.3 Å². The van der Waals surface area contributed by atoms with Crippen LogP contribution in [-0.4, -0.2) is 129 Å². The van der Waals surface area contributed by atoms with E-state index in [0.717, 1.165) is 56.4 Å². The topological polar surface area (TPSA) is 327 Å². The van der Waals surface area contributed by atoms with Crippen molar-refractivity contribution in [1.29, 1.82) is 0 Å². The number of aromatic amines is 1. The molecule has 1 aliphatic heterocycles. The number of nitrogen functional groups attached to an aromatic ring is 1. The van der Waals surface area contributed by atoms with E-state index in [2.05, 4.69) is 50.9 Å². The van der Waals surface area contributed by atoms with Crippen molar-refractivity contribution in [3.05, 3.63) is 137 Å². The highest BCUT2D eigenvalue weighted by Crippen LogP contribution is 2.35. The van der Waals surface area contributed by atoms with Crippen molar-refractivity contribution in [2.75, 3.05) is 71.3 Å². The molecule has 0 radical (unpaired) electrons. The Morgan fingerprint density at radius 1 is 0.889 bits per heavy atom. The van der Waals surface area contributed by atoms with Gasteiger partial charge >= 0.3 is 18.1 Å². The SMILES string of the molecule is COc1nc(-c2ccc3nccc(-c4ccc(COC(=O)OCCSSCC(NC(=O)CCC(NC(=O)c5ccc(NCC6CNc7nc(N)[nH]c(=O)c7N6C)cc5)C(=O)O)C(=O)O)nc4)c3c2)ccc1NSc1ccc(F)cc1F. The van der Waals surface area contributed by atoms with Crippen LogP contribution in [0.25, 0.3) is 33.3 Å². The molecule has 3 aromatic carbocycles. The number of carboxylic acids is 2. The summed E-state index contributed by atoms with van der Waals surface area (Å²) in [5.74, 6) is -4.69. The van der Waals surface area contributed by atoms with Crippen LogP contribution < -0.4 is 46.9 Å². The van der Waals surface area contributed by atoms with Gasteiger partial charge in [0.25, 0.3) is 11.5 Å². The lowest BCUT2D eigenvalue weighted by Gasteiger charge is -2.35. The summed E-state index contributed by atoms with van der Waals surface area (Å²) >= 11 is 0.955. The first-order valence-electron chi connectivity index (χ1n) is 24.6. The number of anilines is 5. The van der Waals surface area contributed by atoms with Crippen LogP contribution >= 0.6 is 33.5 Å². The average Bonchev–Trinajstić information content (AvgIpc) is 3.66. The van der Waals surface area contributed by atoms with Gasteiger partial charge in [-0.15, -0.1) is 0 Å². The van der Waals surface area contributed by atoms with E-state index >= 15 is 0 Å². The fourth-order valence-corrected chi connectivity index (χ4v) is 10.8. The summed E-state index contributed by atoms with van der Waals surface area (Å²) in [5.41, 5.74) is 11.0. The summed E-state index contributed by atoms with van der Waals surface area (Å²) in [6.07, 6.45) is 1.66. The van der Waals surface area contributed by atoms with Gasteiger partial charge in [0.2, 0.25) is 17.7 Å². The lowest BCUT2D eigenvalue weighted by atomic mass is 9.99. The zero-order valence-corrected chi connectivity index (χ0v) is 45.5. The van der Waals surface area contributed by atoms with Crippen molar-refractivity contribution in [2.24, 2.45) is 0 Å². The highest BCUT2D eigenvalue weighted by molar-refractivity contribution is 8.76. The molecule has 3 atom stereocenters. The largest absolute Gasteiger partial charge is 0.508 e. The zero-order chi connectivity index (χ0) is 57.6. The number of carbonyl (C=O) groups is 5. The molecule has 422 valence electrons. The van der Waals surface area contributed by atoms with Crippen molar-refractivity contribution < 1.29 is 57.2 Å². The summed E-state index contributed by atoms with van der Waals surface area (Å²) in [6.45, 7) is 0.635. The number of hydrogen-bond donors (Lipinski definition) is 9. The number of benzene rings is 3. The van der Waals surface area contributed by atoms with Gasteiger partial charge in [-0.1, -0.05) is 33.7 Å². The maximum Gasteiger partial charge on any atom is 0.508 e. The van der Waals surface area contributed by atoms with Gasteiger partial charge in [0.05, 0.1) is 35.0 Å². The summed E-state index contributed by atoms with van der Waals surface area (Å²) < 4.78 is 46.5. The monoisotopic (exact) mass is 1170 g/mol. The van der Waals surface area contributed by atoms with E-state index in [1.54, 1.807) is 54.7 Å². The molecule has 5 heterocycles. The number of halogens is 2. The minimum Gasteiger partial charge on any atom is -0.480 e. The molecule has 1 aliphatic rings. The van der Waals surface area contributed by atoms with Crippen LogP contribution in [0.1, 0.15) is 28.9 Å². The Bertz CT molecular complexity index is 3500. The molecule has 0 saturated carbocycles. The number of H-pyrrole nitrogens is 1. The van der Waals surface area contributed by atoms with E-state index in [4.69, 9.17) is 19.9 Å². The van der Waals surface area contributed by atoms with Crippen molar-refractivity contribution in [3.63, 3.8) is 0 Å². The van der Waals surface area contributed by atoms with Crippen molar-refractivity contribution in [3.8, 4) is 28.3 Å². The van der Waals surface area contributed by atoms with Gasteiger partial charge in [-0.25, -0.2) is 28.1 Å². The van der Waals surface area contributed by atoms with Gasteiger partial charge in [-0.05, 0) is 96.7 Å². The van der Waals surface area contributed by atoms with Crippen LogP contribution in [0.4, 0.5) is 42.4 Å². The molecule has 2 amide bonds. The van der Waals surface area contributed by atoms with E-state index in [1.165, 1.54) is 42.2 Å². The summed E-state index contributed by atoms with van der Waals surface area (Å²) in [7, 11) is 5.53. The predicted octanol–water partition coefficient (Wildman–Crippen LogP) is 7.04. The van der Waals surface area contributed by atoms with Crippen molar-refractivity contribution >= 4 is 103 Å². The van der Waals surface area contributed by atoms with Gasteiger partial charge in [-0.3, -0.25) is 29.3 Å². The number of nitrogens with zero attached hydrogens (tertiary/aromatic N) is 5. The van der Waals surface area contributed by atoms with E-state index in [-0.39, 0.29) is 65.0 Å². The van der Waals surface area contributed by atoms with E-state index in [0.29, 0.717) is 47.4 Å². The standard InChI is InChI=1S/C53H52F2N12O11S3/c1-67-34(25-60-46-45(67)48(70)65-52(56)64-46)24-59-32-8-3-28(4-9-32)47(69)62-41(50(71)72)14-16-44(68)61-42(51(73)74)27-80-79-20-19-77-53(75)78-26-33-10-5-30(23-58-33)35-17-18-57-39-11-6-29(21-36(35)39)38-12-13-40(49(63-38)76-2)66-81-43-15-7-31(54)22-37(43)55/h3-13,15,17-18,21-23,34,41-42,59,66H,14,16,19-20,24-27H2,1-2H3,(H,61,68)(H,62,69)(H,71,72)(H,73,74)(H4,56,60,64,65,70). The Hall–Kier alpha value is -8.89. The second-order valence-corrected chi connectivity index (χ2v) is 21.2. The number of aliphatic carboxylic acids is 2. The van der Waals surface area contributed by atoms with Crippen LogP contribution in [-0.2, 0) is 30.5 Å². The number of nitrogens with one attached hydrogen (secondary N) is 6. The second-order valence-electron chi connectivity index (χ2n) is 17.8. The lowest BCUT2D eigenvalue weighted by Crippen LogP contribution is -2.48. The number of nitrogens with two attached hydrogens (primary N) is 1. The molecule has 23 nitrogen and oxygen atoms in total. The molecule has 4 aromatic heterocycles. The van der Waals surface area contributed by atoms with Crippen LogP contribution in [0.5, 0.6) is 5.88 Å². The smallest absolute Gasteiger partial charge is 0.480 e. The Morgan fingerprint density at radius 2 is 1.68 bits per heavy atom. The number of fused-ring (bicyclic) bond motifs is 2.